The molecule has 5 aliphatic rings. The number of fused-ring (bicyclic) bond motifs is 1. The van der Waals surface area contributed by atoms with Crippen LogP contribution in [0.4, 0.5) is 0 Å². The molecule has 0 atom stereocenters. The summed E-state index contributed by atoms with van der Waals surface area (Å²) in [5, 5.41) is 3.37. The van der Waals surface area contributed by atoms with Crippen molar-refractivity contribution < 1.29 is 14.3 Å². The first-order chi connectivity index (χ1) is 12.9. The van der Waals surface area contributed by atoms with Crippen LogP contribution in [-0.2, 0) is 4.79 Å². The maximum absolute atomic E-state index is 13.5. The lowest BCUT2D eigenvalue weighted by Crippen LogP contribution is -2.50. The van der Waals surface area contributed by atoms with Crippen LogP contribution in [0.3, 0.4) is 0 Å². The van der Waals surface area contributed by atoms with E-state index >= 15 is 0 Å². The quantitative estimate of drug-likeness (QED) is 0.639. The van der Waals surface area contributed by atoms with Gasteiger partial charge in [0.05, 0.1) is 5.70 Å². The second-order valence-electron chi connectivity index (χ2n) is 9.73. The average molecular weight is 365 g/mol. The maximum atomic E-state index is 13.5. The van der Waals surface area contributed by atoms with Crippen molar-refractivity contribution in [3.8, 4) is 5.75 Å². The molecule has 6 rings (SSSR count). The predicted octanol–water partition coefficient (Wildman–Crippen LogP) is 4.34. The van der Waals surface area contributed by atoms with Gasteiger partial charge in [-0.05, 0) is 88.3 Å². The molecule has 0 spiro atoms. The number of rotatable bonds is 3. The van der Waals surface area contributed by atoms with Crippen LogP contribution in [0.2, 0.25) is 0 Å². The monoisotopic (exact) mass is 365 g/mol. The van der Waals surface area contributed by atoms with Crippen molar-refractivity contribution in [3.05, 3.63) is 35.4 Å². The topological polar surface area (TPSA) is 55.4 Å². The molecule has 1 N–H and O–H groups in total. The minimum absolute atomic E-state index is 0.158. The summed E-state index contributed by atoms with van der Waals surface area (Å²) in [4.78, 5) is 24.7. The van der Waals surface area contributed by atoms with Crippen LogP contribution >= 0.6 is 0 Å². The van der Waals surface area contributed by atoms with E-state index in [0.717, 1.165) is 54.6 Å². The number of benzene rings is 1. The number of allylic oxidation sites excluding steroid dienone is 1. The van der Waals surface area contributed by atoms with Gasteiger partial charge in [0.15, 0.2) is 11.5 Å². The fourth-order valence-corrected chi connectivity index (χ4v) is 6.42. The highest BCUT2D eigenvalue weighted by Crippen LogP contribution is 2.60. The Kier molecular flexibility index (Phi) is 3.59. The van der Waals surface area contributed by atoms with Crippen molar-refractivity contribution in [2.75, 3.05) is 0 Å². The molecular weight excluding hydrogens is 338 g/mol. The second kappa shape index (κ2) is 5.70. The lowest BCUT2D eigenvalue weighted by atomic mass is 9.48. The zero-order chi connectivity index (χ0) is 18.8. The Morgan fingerprint density at radius 1 is 1.11 bits per heavy atom. The van der Waals surface area contributed by atoms with E-state index in [2.05, 4.69) is 5.32 Å². The van der Waals surface area contributed by atoms with Gasteiger partial charge in [0, 0.05) is 22.6 Å². The zero-order valence-corrected chi connectivity index (χ0v) is 16.1. The third kappa shape index (κ3) is 2.81. The number of hydrogen-bond acceptors (Lipinski definition) is 4. The first kappa shape index (κ1) is 17.0. The van der Waals surface area contributed by atoms with Gasteiger partial charge in [-0.25, -0.2) is 0 Å². The van der Waals surface area contributed by atoms with E-state index in [4.69, 9.17) is 4.74 Å². The third-order valence-electron chi connectivity index (χ3n) is 7.07. The first-order valence-corrected chi connectivity index (χ1v) is 10.2. The van der Waals surface area contributed by atoms with Gasteiger partial charge in [-0.2, -0.15) is 0 Å². The van der Waals surface area contributed by atoms with E-state index in [1.165, 1.54) is 19.3 Å². The fourth-order valence-electron chi connectivity index (χ4n) is 6.42. The zero-order valence-electron chi connectivity index (χ0n) is 16.1. The van der Waals surface area contributed by atoms with Gasteiger partial charge < -0.3 is 10.1 Å². The van der Waals surface area contributed by atoms with Crippen LogP contribution in [0, 0.1) is 23.2 Å². The van der Waals surface area contributed by atoms with Gasteiger partial charge in [-0.1, -0.05) is 0 Å². The molecule has 0 amide bonds. The predicted molar refractivity (Wildman–Crippen MR) is 103 cm³/mol. The molecule has 4 aliphatic carbocycles. The highest BCUT2D eigenvalue weighted by molar-refractivity contribution is 6.01. The highest BCUT2D eigenvalue weighted by atomic mass is 16.5. The molecule has 0 radical (unpaired) electrons. The number of carbonyl (C=O) groups excluding carboxylic acids is 2. The number of ketones is 1. The molecule has 4 saturated carbocycles. The molecule has 0 unspecified atom stereocenters. The van der Waals surface area contributed by atoms with Crippen molar-refractivity contribution >= 4 is 17.8 Å². The van der Waals surface area contributed by atoms with Crippen LogP contribution in [-0.4, -0.2) is 17.8 Å². The van der Waals surface area contributed by atoms with E-state index in [9.17, 15) is 9.59 Å². The van der Waals surface area contributed by atoms with Crippen LogP contribution in [0.5, 0.6) is 5.75 Å². The molecular formula is C23H27NO3. The molecule has 1 aromatic carbocycles. The molecule has 4 fully saturated rings. The van der Waals surface area contributed by atoms with E-state index < -0.39 is 5.72 Å². The Labute approximate surface area is 160 Å². The van der Waals surface area contributed by atoms with Gasteiger partial charge in [-0.3, -0.25) is 9.59 Å². The maximum Gasteiger partial charge on any atom is 0.175 e. The summed E-state index contributed by atoms with van der Waals surface area (Å²) in [5.41, 5.74) is 1.42. The minimum atomic E-state index is -0.594. The first-order valence-electron chi connectivity index (χ1n) is 10.2. The number of hydrogen-bond donors (Lipinski definition) is 1. The van der Waals surface area contributed by atoms with Crippen molar-refractivity contribution in [1.82, 2.24) is 5.32 Å². The highest BCUT2D eigenvalue weighted by Gasteiger charge is 2.54. The van der Waals surface area contributed by atoms with Crippen LogP contribution in [0.15, 0.2) is 24.3 Å². The van der Waals surface area contributed by atoms with Gasteiger partial charge >= 0.3 is 0 Å². The lowest BCUT2D eigenvalue weighted by molar-refractivity contribution is -0.138. The Morgan fingerprint density at radius 3 is 2.33 bits per heavy atom. The van der Waals surface area contributed by atoms with Gasteiger partial charge in [0.1, 0.15) is 12.0 Å². The summed E-state index contributed by atoms with van der Waals surface area (Å²) in [6.07, 6.45) is 9.80. The molecule has 0 saturated heterocycles. The molecule has 0 aromatic heterocycles. The Morgan fingerprint density at radius 2 is 1.74 bits per heavy atom. The van der Waals surface area contributed by atoms with Crippen molar-refractivity contribution in [3.63, 3.8) is 0 Å². The molecule has 142 valence electrons. The van der Waals surface area contributed by atoms with Crippen molar-refractivity contribution in [2.45, 2.75) is 58.1 Å². The van der Waals surface area contributed by atoms with E-state index in [1.807, 2.05) is 32.1 Å². The lowest BCUT2D eigenvalue weighted by Gasteiger charge is -2.55. The summed E-state index contributed by atoms with van der Waals surface area (Å²) < 4.78 is 6.00. The average Bonchev–Trinajstić information content (AvgIpc) is 2.59. The van der Waals surface area contributed by atoms with Gasteiger partial charge in [0.2, 0.25) is 0 Å². The number of nitrogens with one attached hydrogen (secondary N) is 1. The van der Waals surface area contributed by atoms with E-state index in [-0.39, 0.29) is 11.2 Å². The molecule has 1 heterocycles. The standard InChI is InChI=1S/C23H27NO3/c1-22(2)24-19(18-8-14(13-25)3-4-20(18)27-22)9-21(26)23-10-15-5-16(11-23)7-17(6-15)12-23/h3-4,8-9,13,15-17,24H,5-7,10-12H2,1-2H3/b19-9+. The van der Waals surface area contributed by atoms with Crippen molar-refractivity contribution in [1.29, 1.82) is 0 Å². The molecule has 4 heteroatoms. The molecule has 4 bridgehead atoms. The summed E-state index contributed by atoms with van der Waals surface area (Å²) in [7, 11) is 0. The van der Waals surface area contributed by atoms with E-state index in [1.54, 1.807) is 6.07 Å². The van der Waals surface area contributed by atoms with E-state index in [0.29, 0.717) is 11.3 Å². The largest absolute Gasteiger partial charge is 0.468 e. The summed E-state index contributed by atoms with van der Waals surface area (Å²) >= 11 is 0. The number of carbonyl (C=O) groups is 2. The summed E-state index contributed by atoms with van der Waals surface area (Å²) in [6.45, 7) is 3.90. The SMILES string of the molecule is CC1(C)N/C(=C/C(=O)C23CC4CC(CC(C4)C2)C3)c2cc(C=O)ccc2O1. The molecule has 4 nitrogen and oxygen atoms in total. The molecule has 1 aliphatic heterocycles. The van der Waals surface area contributed by atoms with Crippen molar-refractivity contribution in [2.24, 2.45) is 23.2 Å². The molecule has 27 heavy (non-hydrogen) atoms. The summed E-state index contributed by atoms with van der Waals surface area (Å²) in [6, 6.07) is 5.39. The number of ether oxygens (including phenoxy) is 1. The fraction of sp³-hybridized carbons (Fsp3) is 0.565. The third-order valence-corrected chi connectivity index (χ3v) is 7.07. The van der Waals surface area contributed by atoms with Gasteiger partial charge in [0.25, 0.3) is 0 Å². The minimum Gasteiger partial charge on any atom is -0.468 e. The second-order valence-corrected chi connectivity index (χ2v) is 9.73. The normalized spacial score (nSPS) is 36.7. The van der Waals surface area contributed by atoms with Crippen LogP contribution in [0.1, 0.15) is 68.3 Å². The Bertz CT molecular complexity index is 816. The van der Waals surface area contributed by atoms with Gasteiger partial charge in [-0.15, -0.1) is 0 Å². The summed E-state index contributed by atoms with van der Waals surface area (Å²) in [5.74, 6) is 3.21. The Hall–Kier alpha value is -2.10. The van der Waals surface area contributed by atoms with Crippen LogP contribution in [0.25, 0.3) is 5.70 Å². The smallest absolute Gasteiger partial charge is 0.175 e. The molecule has 1 aromatic rings. The Balaban J connectivity index is 1.53. The van der Waals surface area contributed by atoms with Crippen LogP contribution < -0.4 is 10.1 Å². The number of aldehydes is 1.